The van der Waals surface area contributed by atoms with Crippen molar-refractivity contribution in [1.82, 2.24) is 10.3 Å². The van der Waals surface area contributed by atoms with Crippen LogP contribution in [0.25, 0.3) is 10.9 Å². The molecule has 0 fully saturated rings. The van der Waals surface area contributed by atoms with Gasteiger partial charge in [0.1, 0.15) is 6.04 Å². The lowest BCUT2D eigenvalue weighted by atomic mass is 9.95. The molecule has 4 rings (SSSR count). The van der Waals surface area contributed by atoms with Gasteiger partial charge in [0.25, 0.3) is 0 Å². The van der Waals surface area contributed by atoms with Gasteiger partial charge in [-0.3, -0.25) is 4.79 Å². The molecule has 144 valence electrons. The number of para-hydroxylation sites is 1. The highest BCUT2D eigenvalue weighted by atomic mass is 16.5. The second kappa shape index (κ2) is 7.86. The predicted octanol–water partition coefficient (Wildman–Crippen LogP) is 2.98. The highest BCUT2D eigenvalue weighted by Crippen LogP contribution is 2.29. The molecule has 0 unspecified atom stereocenters. The van der Waals surface area contributed by atoms with E-state index in [9.17, 15) is 14.7 Å². The van der Waals surface area contributed by atoms with Gasteiger partial charge in [-0.25, -0.2) is 4.79 Å². The van der Waals surface area contributed by atoms with Crippen LogP contribution < -0.4 is 5.32 Å². The average Bonchev–Trinajstić information content (AvgIpc) is 3.11. The highest BCUT2D eigenvalue weighted by molar-refractivity contribution is 5.86. The number of carbonyl (C=O) groups excluding carboxylic acids is 1. The molecule has 3 aromatic rings. The van der Waals surface area contributed by atoms with Gasteiger partial charge in [0, 0.05) is 23.5 Å². The molecule has 6 nitrogen and oxygen atoms in total. The Morgan fingerprint density at radius 3 is 2.82 bits per heavy atom. The van der Waals surface area contributed by atoms with Crippen LogP contribution in [0.4, 0.5) is 0 Å². The maximum atomic E-state index is 12.6. The minimum atomic E-state index is -1.05. The van der Waals surface area contributed by atoms with E-state index in [1.165, 1.54) is 5.56 Å². The number of carboxylic acid groups (broad SMARTS) is 1. The number of fused-ring (bicyclic) bond motifs is 2. The molecule has 2 aromatic carbocycles. The van der Waals surface area contributed by atoms with Gasteiger partial charge in [-0.1, -0.05) is 42.5 Å². The van der Waals surface area contributed by atoms with Gasteiger partial charge in [0.15, 0.2) is 0 Å². The number of rotatable bonds is 6. The van der Waals surface area contributed by atoms with E-state index in [2.05, 4.69) is 10.3 Å². The van der Waals surface area contributed by atoms with Gasteiger partial charge in [-0.05, 0) is 29.2 Å². The molecule has 1 aliphatic rings. The van der Waals surface area contributed by atoms with Gasteiger partial charge in [0.2, 0.25) is 5.91 Å². The number of ether oxygens (including phenoxy) is 1. The Kier molecular flexibility index (Phi) is 5.12. The van der Waals surface area contributed by atoms with Crippen LogP contribution in [0.2, 0.25) is 0 Å². The van der Waals surface area contributed by atoms with Crippen LogP contribution in [0.15, 0.2) is 54.7 Å². The molecule has 3 N–H and O–H groups in total. The van der Waals surface area contributed by atoms with E-state index in [4.69, 9.17) is 4.74 Å². The maximum absolute atomic E-state index is 12.6. The molecule has 0 aliphatic carbocycles. The van der Waals surface area contributed by atoms with Crippen molar-refractivity contribution in [3.8, 4) is 0 Å². The largest absolute Gasteiger partial charge is 0.480 e. The zero-order valence-electron chi connectivity index (χ0n) is 15.4. The summed E-state index contributed by atoms with van der Waals surface area (Å²) in [6, 6.07) is 14.6. The Morgan fingerprint density at radius 2 is 1.96 bits per heavy atom. The Balaban J connectivity index is 1.45. The number of aliphatic carboxylic acids is 1. The quantitative estimate of drug-likeness (QED) is 0.615. The van der Waals surface area contributed by atoms with Crippen molar-refractivity contribution in [3.05, 3.63) is 71.4 Å². The molecule has 0 radical (unpaired) electrons. The molecule has 2 heterocycles. The van der Waals surface area contributed by atoms with Crippen LogP contribution in [0.3, 0.4) is 0 Å². The molecule has 1 amide bonds. The molecule has 1 aromatic heterocycles. The number of carbonyl (C=O) groups is 2. The lowest BCUT2D eigenvalue weighted by molar-refractivity contribution is -0.142. The number of benzene rings is 2. The summed E-state index contributed by atoms with van der Waals surface area (Å²) in [4.78, 5) is 27.4. The number of amides is 1. The molecule has 0 spiro atoms. The predicted molar refractivity (Wildman–Crippen MR) is 105 cm³/mol. The summed E-state index contributed by atoms with van der Waals surface area (Å²) < 4.78 is 5.77. The second-order valence-corrected chi connectivity index (χ2v) is 7.03. The fraction of sp³-hybridized carbons (Fsp3) is 0.273. The monoisotopic (exact) mass is 378 g/mol. The van der Waals surface area contributed by atoms with Crippen molar-refractivity contribution in [2.75, 3.05) is 6.61 Å². The first kappa shape index (κ1) is 18.3. The van der Waals surface area contributed by atoms with Gasteiger partial charge < -0.3 is 20.1 Å². The molecule has 28 heavy (non-hydrogen) atoms. The molecule has 1 aliphatic heterocycles. The number of hydrogen-bond donors (Lipinski definition) is 3. The molecular formula is C22H22N2O4. The van der Waals surface area contributed by atoms with Gasteiger partial charge >= 0.3 is 5.97 Å². The number of aromatic nitrogens is 1. The van der Waals surface area contributed by atoms with E-state index in [1.54, 1.807) is 6.20 Å². The van der Waals surface area contributed by atoms with Crippen LogP contribution in [-0.2, 0) is 27.2 Å². The average molecular weight is 378 g/mol. The van der Waals surface area contributed by atoms with Crippen LogP contribution in [-0.4, -0.2) is 34.6 Å². The molecule has 2 atom stereocenters. The zero-order valence-corrected chi connectivity index (χ0v) is 15.4. The number of H-pyrrole nitrogens is 1. The van der Waals surface area contributed by atoms with Crippen LogP contribution >= 0.6 is 0 Å². The molecule has 0 saturated heterocycles. The Labute approximate surface area is 162 Å². The highest BCUT2D eigenvalue weighted by Gasteiger charge is 2.26. The smallest absolute Gasteiger partial charge is 0.326 e. The first-order valence-electron chi connectivity index (χ1n) is 9.38. The fourth-order valence-electron chi connectivity index (χ4n) is 3.79. The Morgan fingerprint density at radius 1 is 1.18 bits per heavy atom. The van der Waals surface area contributed by atoms with E-state index >= 15 is 0 Å². The van der Waals surface area contributed by atoms with Crippen molar-refractivity contribution in [1.29, 1.82) is 0 Å². The van der Waals surface area contributed by atoms with E-state index in [1.807, 2.05) is 48.5 Å². The molecule has 0 bridgehead atoms. The summed E-state index contributed by atoms with van der Waals surface area (Å²) >= 11 is 0. The van der Waals surface area contributed by atoms with Gasteiger partial charge in [-0.15, -0.1) is 0 Å². The number of nitrogens with one attached hydrogen (secondary N) is 2. The van der Waals surface area contributed by atoms with Crippen LogP contribution in [0.5, 0.6) is 0 Å². The number of carboxylic acids is 1. The normalized spacial score (nSPS) is 17.1. The summed E-state index contributed by atoms with van der Waals surface area (Å²) in [5.74, 6) is -1.38. The van der Waals surface area contributed by atoms with E-state index in [0.29, 0.717) is 6.61 Å². The van der Waals surface area contributed by atoms with Crippen molar-refractivity contribution in [3.63, 3.8) is 0 Å². The molecule has 0 saturated carbocycles. The first-order valence-corrected chi connectivity index (χ1v) is 9.38. The number of aromatic amines is 1. The van der Waals surface area contributed by atoms with Crippen molar-refractivity contribution in [2.45, 2.75) is 31.4 Å². The van der Waals surface area contributed by atoms with Crippen LogP contribution in [0.1, 0.15) is 29.2 Å². The molecular weight excluding hydrogens is 356 g/mol. The number of hydrogen-bond acceptors (Lipinski definition) is 3. The third-order valence-corrected chi connectivity index (χ3v) is 5.20. The SMILES string of the molecule is O=C(C[C@H]1OCCc2ccccc21)N[C@@H](Cc1c[nH]c2ccccc12)C(=O)O. The third kappa shape index (κ3) is 3.77. The Hall–Kier alpha value is -3.12. The first-order chi connectivity index (χ1) is 13.6. The Bertz CT molecular complexity index is 1010. The van der Waals surface area contributed by atoms with Crippen molar-refractivity contribution in [2.24, 2.45) is 0 Å². The van der Waals surface area contributed by atoms with E-state index < -0.39 is 12.0 Å². The summed E-state index contributed by atoms with van der Waals surface area (Å²) in [6.07, 6.45) is 2.61. The molecule has 6 heteroatoms. The minimum absolute atomic E-state index is 0.106. The van der Waals surface area contributed by atoms with E-state index in [-0.39, 0.29) is 24.9 Å². The van der Waals surface area contributed by atoms with Crippen molar-refractivity contribution < 1.29 is 19.4 Å². The minimum Gasteiger partial charge on any atom is -0.480 e. The standard InChI is InChI=1S/C22H22N2O4/c25-21(12-20-17-7-2-1-5-14(17)9-10-28-20)24-19(22(26)27)11-15-13-23-18-8-4-3-6-16(15)18/h1-8,13,19-20,23H,9-12H2,(H,24,25)(H,26,27)/t19-,20+/m0/s1. The summed E-state index contributed by atoms with van der Waals surface area (Å²) in [5.41, 5.74) is 4.00. The van der Waals surface area contributed by atoms with E-state index in [0.717, 1.165) is 28.5 Å². The second-order valence-electron chi connectivity index (χ2n) is 7.03. The zero-order chi connectivity index (χ0) is 19.5. The van der Waals surface area contributed by atoms with Gasteiger partial charge in [0.05, 0.1) is 19.1 Å². The maximum Gasteiger partial charge on any atom is 0.326 e. The lowest BCUT2D eigenvalue weighted by Gasteiger charge is -2.26. The van der Waals surface area contributed by atoms with Crippen molar-refractivity contribution >= 4 is 22.8 Å². The van der Waals surface area contributed by atoms with Crippen LogP contribution in [0, 0.1) is 0 Å². The summed E-state index contributed by atoms with van der Waals surface area (Å²) in [7, 11) is 0. The van der Waals surface area contributed by atoms with Gasteiger partial charge in [-0.2, -0.15) is 0 Å². The topological polar surface area (TPSA) is 91.4 Å². The third-order valence-electron chi connectivity index (χ3n) is 5.20. The summed E-state index contributed by atoms with van der Waals surface area (Å²) in [6.45, 7) is 0.562. The lowest BCUT2D eigenvalue weighted by Crippen LogP contribution is -2.43. The summed E-state index contributed by atoms with van der Waals surface area (Å²) in [5, 5.41) is 13.2. The fourth-order valence-corrected chi connectivity index (χ4v) is 3.79.